The predicted molar refractivity (Wildman–Crippen MR) is 145 cm³/mol. The molecule has 9 nitrogen and oxygen atoms in total. The highest BCUT2D eigenvalue weighted by atomic mass is 16.6. The van der Waals surface area contributed by atoms with Crippen molar-refractivity contribution in [1.82, 2.24) is 15.2 Å². The van der Waals surface area contributed by atoms with E-state index >= 15 is 0 Å². The molecule has 0 aliphatic carbocycles. The van der Waals surface area contributed by atoms with E-state index in [0.717, 1.165) is 12.8 Å². The summed E-state index contributed by atoms with van der Waals surface area (Å²) in [6.07, 6.45) is 6.09. The minimum absolute atomic E-state index is 0.103. The van der Waals surface area contributed by atoms with Crippen LogP contribution < -0.4 is 10.6 Å². The van der Waals surface area contributed by atoms with Crippen LogP contribution in [0, 0.1) is 0 Å². The summed E-state index contributed by atoms with van der Waals surface area (Å²) < 4.78 is 5.40. The van der Waals surface area contributed by atoms with Crippen LogP contribution in [0.3, 0.4) is 0 Å². The largest absolute Gasteiger partial charge is 0.444 e. The Morgan fingerprint density at radius 3 is 2.41 bits per heavy atom. The second-order valence-corrected chi connectivity index (χ2v) is 9.79. The molecule has 0 saturated carbocycles. The molecule has 2 heterocycles. The number of nitrogens with zero attached hydrogens (tertiary/aromatic N) is 3. The number of hydrogen-bond acceptors (Lipinski definition) is 6. The molecule has 0 unspecified atom stereocenters. The van der Waals surface area contributed by atoms with Gasteiger partial charge in [-0.15, -0.1) is 0 Å². The lowest BCUT2D eigenvalue weighted by Crippen LogP contribution is -2.38. The summed E-state index contributed by atoms with van der Waals surface area (Å²) in [5.74, 6) is -0.159. The van der Waals surface area contributed by atoms with Gasteiger partial charge in [0.05, 0.1) is 17.6 Å². The zero-order valence-electron chi connectivity index (χ0n) is 22.1. The average Bonchev–Trinajstić information content (AvgIpc) is 3.01. The van der Waals surface area contributed by atoms with E-state index < -0.39 is 11.7 Å². The average molecular weight is 506 g/mol. The van der Waals surface area contributed by atoms with Crippen LogP contribution in [0.4, 0.5) is 16.2 Å². The molecule has 1 aromatic carbocycles. The Balaban J connectivity index is 1.97. The Hall–Kier alpha value is -4.01. The van der Waals surface area contributed by atoms with Gasteiger partial charge in [-0.25, -0.2) is 9.79 Å². The number of fused-ring (bicyclic) bond motifs is 1. The Kier molecular flexibility index (Phi) is 9.16. The van der Waals surface area contributed by atoms with E-state index in [1.54, 1.807) is 69.6 Å². The van der Waals surface area contributed by atoms with Gasteiger partial charge in [0.1, 0.15) is 11.4 Å². The number of carbonyl (C=O) groups excluding carboxylic acids is 3. The minimum atomic E-state index is -0.696. The van der Waals surface area contributed by atoms with Crippen molar-refractivity contribution in [3.63, 3.8) is 0 Å². The van der Waals surface area contributed by atoms with E-state index in [-0.39, 0.29) is 24.1 Å². The van der Waals surface area contributed by atoms with Crippen molar-refractivity contribution in [2.75, 3.05) is 18.4 Å². The third-order valence-electron chi connectivity index (χ3n) is 5.35. The van der Waals surface area contributed by atoms with Gasteiger partial charge in [0.2, 0.25) is 5.91 Å². The van der Waals surface area contributed by atoms with Gasteiger partial charge in [-0.1, -0.05) is 19.9 Å². The number of rotatable bonds is 7. The lowest BCUT2D eigenvalue weighted by Gasteiger charge is -2.23. The summed E-state index contributed by atoms with van der Waals surface area (Å²) >= 11 is 0. The monoisotopic (exact) mass is 505 g/mol. The molecule has 2 aromatic rings. The van der Waals surface area contributed by atoms with Gasteiger partial charge in [0, 0.05) is 42.4 Å². The Morgan fingerprint density at radius 2 is 1.78 bits per heavy atom. The summed E-state index contributed by atoms with van der Waals surface area (Å²) in [5.41, 5.74) is 1.89. The van der Waals surface area contributed by atoms with Crippen LogP contribution in [0.1, 0.15) is 69.8 Å². The number of nitrogens with one attached hydrogen (secondary N) is 2. The summed E-state index contributed by atoms with van der Waals surface area (Å²) in [5, 5.41) is 5.51. The first-order valence-corrected chi connectivity index (χ1v) is 12.5. The highest BCUT2D eigenvalue weighted by molar-refractivity contribution is 6.09. The zero-order chi connectivity index (χ0) is 27.0. The van der Waals surface area contributed by atoms with Gasteiger partial charge < -0.3 is 15.0 Å². The van der Waals surface area contributed by atoms with Gasteiger partial charge in [-0.05, 0) is 64.0 Å². The minimum Gasteiger partial charge on any atom is -0.444 e. The molecule has 1 aromatic heterocycles. The van der Waals surface area contributed by atoms with Crippen molar-refractivity contribution in [3.8, 4) is 0 Å². The molecule has 1 aliphatic rings. The number of carbonyl (C=O) groups is 3. The van der Waals surface area contributed by atoms with Crippen LogP contribution >= 0.6 is 0 Å². The number of aromatic nitrogens is 1. The van der Waals surface area contributed by atoms with Gasteiger partial charge in [0.15, 0.2) is 0 Å². The Bertz CT molecular complexity index is 1190. The van der Waals surface area contributed by atoms with Crippen LogP contribution in [0.5, 0.6) is 0 Å². The zero-order valence-corrected chi connectivity index (χ0v) is 22.1. The lowest BCUT2D eigenvalue weighted by molar-refractivity contribution is -0.127. The van der Waals surface area contributed by atoms with Crippen LogP contribution in [0.15, 0.2) is 53.3 Å². The van der Waals surface area contributed by atoms with E-state index in [4.69, 9.17) is 4.74 Å². The smallest absolute Gasteiger partial charge is 0.413 e. The van der Waals surface area contributed by atoms with E-state index in [1.165, 1.54) is 0 Å². The highest BCUT2D eigenvalue weighted by Crippen LogP contribution is 2.29. The molecule has 0 radical (unpaired) electrons. The van der Waals surface area contributed by atoms with Crippen molar-refractivity contribution in [3.05, 3.63) is 59.4 Å². The number of alkyl carbamates (subject to hydrolysis) is 1. The number of pyridine rings is 1. The SMILES string of the molecule is CCCN(CCC)C(=O)C1=Cc2ccc(C(=O)Nc3cccnc3)cc2N=C(NC(=O)OC(C)(C)C)C1. The third-order valence-corrected chi connectivity index (χ3v) is 5.35. The van der Waals surface area contributed by atoms with Crippen molar-refractivity contribution < 1.29 is 19.1 Å². The molecular weight excluding hydrogens is 470 g/mol. The molecule has 2 N–H and O–H groups in total. The first kappa shape index (κ1) is 27.6. The first-order valence-electron chi connectivity index (χ1n) is 12.5. The molecule has 37 heavy (non-hydrogen) atoms. The summed E-state index contributed by atoms with van der Waals surface area (Å²) in [6, 6.07) is 8.55. The number of aliphatic imine (C=N–C) groups is 1. The Labute approximate surface area is 218 Å². The summed E-state index contributed by atoms with van der Waals surface area (Å²) in [6.45, 7) is 10.6. The number of amidine groups is 1. The van der Waals surface area contributed by atoms with E-state index in [2.05, 4.69) is 20.6 Å². The predicted octanol–water partition coefficient (Wildman–Crippen LogP) is 5.32. The van der Waals surface area contributed by atoms with Crippen LogP contribution in [0.2, 0.25) is 0 Å². The maximum absolute atomic E-state index is 13.5. The Morgan fingerprint density at radius 1 is 1.05 bits per heavy atom. The molecule has 196 valence electrons. The molecular formula is C28H35N5O4. The lowest BCUT2D eigenvalue weighted by atomic mass is 10.0. The maximum atomic E-state index is 13.5. The maximum Gasteiger partial charge on any atom is 0.413 e. The van der Waals surface area contributed by atoms with Crippen LogP contribution in [-0.2, 0) is 9.53 Å². The summed E-state index contributed by atoms with van der Waals surface area (Å²) in [4.78, 5) is 49.3. The summed E-state index contributed by atoms with van der Waals surface area (Å²) in [7, 11) is 0. The van der Waals surface area contributed by atoms with E-state index in [9.17, 15) is 14.4 Å². The molecule has 0 saturated heterocycles. The molecule has 3 rings (SSSR count). The number of benzene rings is 1. The van der Waals surface area contributed by atoms with Gasteiger partial charge in [-0.2, -0.15) is 0 Å². The fraction of sp³-hybridized carbons (Fsp3) is 0.393. The molecule has 0 bridgehead atoms. The highest BCUT2D eigenvalue weighted by Gasteiger charge is 2.25. The number of anilines is 1. The topological polar surface area (TPSA) is 113 Å². The van der Waals surface area contributed by atoms with Crippen molar-refractivity contribution in [1.29, 1.82) is 0 Å². The van der Waals surface area contributed by atoms with Crippen LogP contribution in [-0.4, -0.2) is 52.3 Å². The van der Waals surface area contributed by atoms with E-state index in [1.807, 2.05) is 18.7 Å². The molecule has 0 atom stereocenters. The third kappa shape index (κ3) is 7.99. The molecule has 0 fully saturated rings. The number of hydrogen-bond donors (Lipinski definition) is 2. The quantitative estimate of drug-likeness (QED) is 0.528. The van der Waals surface area contributed by atoms with Crippen molar-refractivity contribution >= 4 is 41.2 Å². The molecule has 0 spiro atoms. The molecule has 9 heteroatoms. The fourth-order valence-electron chi connectivity index (χ4n) is 3.84. The number of amides is 3. The molecule has 1 aliphatic heterocycles. The fourth-order valence-corrected chi connectivity index (χ4v) is 3.84. The van der Waals surface area contributed by atoms with Gasteiger partial charge in [0.25, 0.3) is 5.91 Å². The van der Waals surface area contributed by atoms with E-state index in [0.29, 0.717) is 41.2 Å². The normalized spacial score (nSPS) is 12.9. The first-order chi connectivity index (χ1) is 17.6. The second-order valence-electron chi connectivity index (χ2n) is 9.79. The van der Waals surface area contributed by atoms with Crippen molar-refractivity contribution in [2.45, 2.75) is 59.5 Å². The molecule has 3 amide bonds. The second kappa shape index (κ2) is 12.3. The van der Waals surface area contributed by atoms with Crippen molar-refractivity contribution in [2.24, 2.45) is 4.99 Å². The standard InChI is InChI=1S/C28H35N5O4/c1-6-13-33(14-7-2)26(35)21-15-19-10-11-20(25(34)30-22-9-8-12-29-18-22)16-23(19)31-24(17-21)32-27(36)37-28(3,4)5/h8-12,15-16,18H,6-7,13-14,17H2,1-5H3,(H,30,34)(H,31,32,36). The van der Waals surface area contributed by atoms with Gasteiger partial charge in [-0.3, -0.25) is 19.9 Å². The van der Waals surface area contributed by atoms with Gasteiger partial charge >= 0.3 is 6.09 Å². The number of ether oxygens (including phenoxy) is 1. The van der Waals surface area contributed by atoms with Crippen LogP contribution in [0.25, 0.3) is 6.08 Å².